The Morgan fingerprint density at radius 2 is 2.00 bits per heavy atom. The molecule has 0 aliphatic carbocycles. The number of aryl methyl sites for hydroxylation is 2. The molecule has 1 aliphatic rings. The lowest BCUT2D eigenvalue weighted by molar-refractivity contribution is -0.121. The molecule has 0 saturated carbocycles. The molecule has 0 spiro atoms. The Morgan fingerprint density at radius 3 is 2.63 bits per heavy atom. The Morgan fingerprint density at radius 1 is 1.26 bits per heavy atom. The van der Waals surface area contributed by atoms with Gasteiger partial charge in [-0.05, 0) is 49.9 Å². The molecule has 0 aromatic heterocycles. The summed E-state index contributed by atoms with van der Waals surface area (Å²) in [5.41, 5.74) is 3.54. The van der Waals surface area contributed by atoms with Crippen molar-refractivity contribution in [2.45, 2.75) is 52.6 Å². The number of amides is 1. The molecule has 1 saturated heterocycles. The first kappa shape index (κ1) is 14.1. The van der Waals surface area contributed by atoms with Crippen molar-refractivity contribution >= 4 is 11.6 Å². The van der Waals surface area contributed by atoms with E-state index in [4.69, 9.17) is 0 Å². The minimum absolute atomic E-state index is 0.0321. The quantitative estimate of drug-likeness (QED) is 0.906. The predicted molar refractivity (Wildman–Crippen MR) is 79.6 cm³/mol. The third-order valence-corrected chi connectivity index (χ3v) is 3.78. The van der Waals surface area contributed by atoms with Crippen LogP contribution in [0.2, 0.25) is 0 Å². The first-order valence-electron chi connectivity index (χ1n) is 7.13. The van der Waals surface area contributed by atoms with Crippen molar-refractivity contribution < 1.29 is 4.79 Å². The van der Waals surface area contributed by atoms with Gasteiger partial charge in [-0.15, -0.1) is 0 Å². The zero-order valence-corrected chi connectivity index (χ0v) is 12.4. The van der Waals surface area contributed by atoms with Gasteiger partial charge in [0.1, 0.15) is 0 Å². The molecule has 1 heterocycles. The van der Waals surface area contributed by atoms with Crippen LogP contribution in [0.4, 0.5) is 5.69 Å². The Balaban J connectivity index is 2.19. The number of nitrogens with zero attached hydrogens (tertiary/aromatic N) is 1. The number of nitrogens with one attached hydrogen (secondary N) is 1. The van der Waals surface area contributed by atoms with Crippen LogP contribution in [-0.4, -0.2) is 24.5 Å². The maximum absolute atomic E-state index is 12.5. The SMILES string of the molecule is Cc1ccc(N2CCCC(NC(C)C)C2=O)cc1C. The number of rotatable bonds is 3. The number of hydrogen-bond acceptors (Lipinski definition) is 2. The van der Waals surface area contributed by atoms with E-state index >= 15 is 0 Å². The molecule has 0 radical (unpaired) electrons. The van der Waals surface area contributed by atoms with Gasteiger partial charge in [-0.25, -0.2) is 0 Å². The van der Waals surface area contributed by atoms with E-state index in [0.717, 1.165) is 25.1 Å². The molecule has 1 atom stereocenters. The highest BCUT2D eigenvalue weighted by Gasteiger charge is 2.29. The molecule has 1 fully saturated rings. The van der Waals surface area contributed by atoms with Crippen molar-refractivity contribution in [3.63, 3.8) is 0 Å². The average Bonchev–Trinajstić information content (AvgIpc) is 2.35. The molecule has 1 aromatic carbocycles. The first-order chi connectivity index (χ1) is 8.99. The molecular weight excluding hydrogens is 236 g/mol. The molecule has 1 N–H and O–H groups in total. The zero-order chi connectivity index (χ0) is 14.0. The highest BCUT2D eigenvalue weighted by atomic mass is 16.2. The van der Waals surface area contributed by atoms with Crippen LogP contribution >= 0.6 is 0 Å². The molecule has 1 amide bonds. The third-order valence-electron chi connectivity index (χ3n) is 3.78. The summed E-state index contributed by atoms with van der Waals surface area (Å²) >= 11 is 0. The summed E-state index contributed by atoms with van der Waals surface area (Å²) in [5.74, 6) is 0.211. The topological polar surface area (TPSA) is 32.3 Å². The van der Waals surface area contributed by atoms with Crippen LogP contribution in [0.3, 0.4) is 0 Å². The van der Waals surface area contributed by atoms with Gasteiger partial charge in [0.15, 0.2) is 0 Å². The summed E-state index contributed by atoms with van der Waals surface area (Å²) in [7, 11) is 0. The van der Waals surface area contributed by atoms with E-state index in [0.29, 0.717) is 6.04 Å². The van der Waals surface area contributed by atoms with Crippen molar-refractivity contribution in [1.29, 1.82) is 0 Å². The zero-order valence-electron chi connectivity index (χ0n) is 12.4. The predicted octanol–water partition coefficient (Wildman–Crippen LogP) is 2.80. The van der Waals surface area contributed by atoms with Gasteiger partial charge in [-0.1, -0.05) is 19.9 Å². The van der Waals surface area contributed by atoms with Gasteiger partial charge in [-0.3, -0.25) is 4.79 Å². The molecule has 104 valence electrons. The van der Waals surface area contributed by atoms with E-state index in [9.17, 15) is 4.79 Å². The molecule has 1 unspecified atom stereocenters. The van der Waals surface area contributed by atoms with Gasteiger partial charge in [-0.2, -0.15) is 0 Å². The first-order valence-corrected chi connectivity index (χ1v) is 7.13. The summed E-state index contributed by atoms with van der Waals surface area (Å²) in [5, 5.41) is 3.37. The minimum Gasteiger partial charge on any atom is -0.311 e. The second-order valence-corrected chi connectivity index (χ2v) is 5.77. The molecule has 2 rings (SSSR count). The van der Waals surface area contributed by atoms with Crippen molar-refractivity contribution in [2.75, 3.05) is 11.4 Å². The lowest BCUT2D eigenvalue weighted by atomic mass is 10.0. The summed E-state index contributed by atoms with van der Waals surface area (Å²) in [6.07, 6.45) is 2.00. The van der Waals surface area contributed by atoms with Crippen LogP contribution in [0.1, 0.15) is 37.8 Å². The monoisotopic (exact) mass is 260 g/mol. The van der Waals surface area contributed by atoms with Crippen molar-refractivity contribution in [2.24, 2.45) is 0 Å². The smallest absolute Gasteiger partial charge is 0.244 e. The van der Waals surface area contributed by atoms with E-state index in [-0.39, 0.29) is 11.9 Å². The van der Waals surface area contributed by atoms with Crippen molar-refractivity contribution in [3.05, 3.63) is 29.3 Å². The van der Waals surface area contributed by atoms with E-state index in [1.54, 1.807) is 0 Å². The molecule has 19 heavy (non-hydrogen) atoms. The Hall–Kier alpha value is -1.35. The normalized spacial score (nSPS) is 20.2. The summed E-state index contributed by atoms with van der Waals surface area (Å²) in [6, 6.07) is 6.57. The fraction of sp³-hybridized carbons (Fsp3) is 0.562. The van der Waals surface area contributed by atoms with E-state index < -0.39 is 0 Å². The van der Waals surface area contributed by atoms with Crippen LogP contribution in [0.15, 0.2) is 18.2 Å². The highest BCUT2D eigenvalue weighted by molar-refractivity contribution is 5.98. The Labute approximate surface area is 116 Å². The van der Waals surface area contributed by atoms with E-state index in [1.165, 1.54) is 11.1 Å². The molecule has 1 aliphatic heterocycles. The van der Waals surface area contributed by atoms with Gasteiger partial charge >= 0.3 is 0 Å². The van der Waals surface area contributed by atoms with Gasteiger partial charge in [0.25, 0.3) is 0 Å². The van der Waals surface area contributed by atoms with Crippen LogP contribution < -0.4 is 10.2 Å². The van der Waals surface area contributed by atoms with Gasteiger partial charge in [0, 0.05) is 18.3 Å². The molecule has 1 aromatic rings. The highest BCUT2D eigenvalue weighted by Crippen LogP contribution is 2.23. The minimum atomic E-state index is -0.0321. The van der Waals surface area contributed by atoms with E-state index in [1.807, 2.05) is 4.90 Å². The molecule has 3 heteroatoms. The maximum atomic E-state index is 12.5. The lowest BCUT2D eigenvalue weighted by Crippen LogP contribution is -2.52. The third kappa shape index (κ3) is 3.16. The van der Waals surface area contributed by atoms with Gasteiger partial charge in [0.2, 0.25) is 5.91 Å². The van der Waals surface area contributed by atoms with Crippen molar-refractivity contribution in [1.82, 2.24) is 5.32 Å². The van der Waals surface area contributed by atoms with E-state index in [2.05, 4.69) is 51.2 Å². The fourth-order valence-electron chi connectivity index (χ4n) is 2.58. The summed E-state index contributed by atoms with van der Waals surface area (Å²) in [6.45, 7) is 9.19. The fourth-order valence-corrected chi connectivity index (χ4v) is 2.58. The number of hydrogen-bond donors (Lipinski definition) is 1. The number of piperidine rings is 1. The van der Waals surface area contributed by atoms with Crippen LogP contribution in [0.5, 0.6) is 0 Å². The summed E-state index contributed by atoms with van der Waals surface area (Å²) < 4.78 is 0. The molecule has 3 nitrogen and oxygen atoms in total. The number of carbonyl (C=O) groups is 1. The second kappa shape index (κ2) is 5.74. The standard InChI is InChI=1S/C16H24N2O/c1-11(2)17-15-6-5-9-18(16(15)19)14-8-7-12(3)13(4)10-14/h7-8,10-11,15,17H,5-6,9H2,1-4H3. The van der Waals surface area contributed by atoms with Crippen LogP contribution in [0, 0.1) is 13.8 Å². The van der Waals surface area contributed by atoms with Crippen LogP contribution in [-0.2, 0) is 4.79 Å². The van der Waals surface area contributed by atoms with Gasteiger partial charge < -0.3 is 10.2 Å². The maximum Gasteiger partial charge on any atom is 0.244 e. The lowest BCUT2D eigenvalue weighted by Gasteiger charge is -2.34. The molecular formula is C16H24N2O. The Kier molecular flexibility index (Phi) is 4.25. The van der Waals surface area contributed by atoms with Gasteiger partial charge in [0.05, 0.1) is 6.04 Å². The number of anilines is 1. The number of benzene rings is 1. The summed E-state index contributed by atoms with van der Waals surface area (Å²) in [4.78, 5) is 14.4. The number of carbonyl (C=O) groups excluding carboxylic acids is 1. The Bertz CT molecular complexity index is 468. The van der Waals surface area contributed by atoms with Crippen molar-refractivity contribution in [3.8, 4) is 0 Å². The largest absolute Gasteiger partial charge is 0.311 e. The average molecular weight is 260 g/mol. The molecule has 0 bridgehead atoms. The second-order valence-electron chi connectivity index (χ2n) is 5.77. The van der Waals surface area contributed by atoms with Crippen LogP contribution in [0.25, 0.3) is 0 Å².